The molecule has 0 bridgehead atoms. The van der Waals surface area contributed by atoms with Gasteiger partial charge in [-0.1, -0.05) is 30.3 Å². The number of carbonyl (C=O) groups excluding carboxylic acids is 1. The lowest BCUT2D eigenvalue weighted by Gasteiger charge is -2.17. The van der Waals surface area contributed by atoms with Crippen LogP contribution >= 0.6 is 0 Å². The standard InChI is InChI=1S/C15H16N2O3S/c1-10-11(2)17(8-12-6-4-3-5-7-12)15-14(10)21(19,20)9-13(18)16-15/h3-7H,8-9H2,1-2H3,(H,16,18). The van der Waals surface area contributed by atoms with Gasteiger partial charge in [-0.15, -0.1) is 0 Å². The fourth-order valence-electron chi connectivity index (χ4n) is 2.72. The van der Waals surface area contributed by atoms with Crippen LogP contribution in [0.15, 0.2) is 35.2 Å². The first-order valence-electron chi connectivity index (χ1n) is 6.66. The first-order chi connectivity index (χ1) is 9.90. The van der Waals surface area contributed by atoms with E-state index in [9.17, 15) is 13.2 Å². The average Bonchev–Trinajstić information content (AvgIpc) is 2.64. The van der Waals surface area contributed by atoms with Crippen molar-refractivity contribution >= 4 is 21.6 Å². The molecule has 0 atom stereocenters. The second-order valence-electron chi connectivity index (χ2n) is 5.27. The predicted octanol–water partition coefficient (Wildman–Crippen LogP) is 1.88. The van der Waals surface area contributed by atoms with Crippen molar-refractivity contribution in [2.45, 2.75) is 25.3 Å². The van der Waals surface area contributed by atoms with Gasteiger partial charge in [-0.05, 0) is 25.0 Å². The topological polar surface area (TPSA) is 68.2 Å². The maximum absolute atomic E-state index is 12.2. The molecule has 1 N–H and O–H groups in total. The molecule has 6 heteroatoms. The van der Waals surface area contributed by atoms with Gasteiger partial charge in [-0.3, -0.25) is 4.79 Å². The number of anilines is 1. The summed E-state index contributed by atoms with van der Waals surface area (Å²) in [7, 11) is -3.55. The van der Waals surface area contributed by atoms with Crippen LogP contribution in [0.2, 0.25) is 0 Å². The Bertz CT molecular complexity index is 820. The van der Waals surface area contributed by atoms with Crippen LogP contribution in [0, 0.1) is 13.8 Å². The highest BCUT2D eigenvalue weighted by atomic mass is 32.2. The molecule has 0 saturated heterocycles. The van der Waals surface area contributed by atoms with Gasteiger partial charge in [0.25, 0.3) is 0 Å². The van der Waals surface area contributed by atoms with E-state index in [1.54, 1.807) is 6.92 Å². The molecule has 0 unspecified atom stereocenters. The molecule has 21 heavy (non-hydrogen) atoms. The molecule has 1 aromatic heterocycles. The zero-order valence-corrected chi connectivity index (χ0v) is 12.7. The van der Waals surface area contributed by atoms with Crippen LogP contribution in [-0.2, 0) is 21.2 Å². The summed E-state index contributed by atoms with van der Waals surface area (Å²) >= 11 is 0. The van der Waals surface area contributed by atoms with Gasteiger partial charge in [0, 0.05) is 12.2 Å². The van der Waals surface area contributed by atoms with Gasteiger partial charge in [0.2, 0.25) is 5.91 Å². The molecule has 0 aliphatic carbocycles. The Morgan fingerprint density at radius 2 is 1.86 bits per heavy atom. The third-order valence-corrected chi connectivity index (χ3v) is 5.61. The molecule has 1 aliphatic heterocycles. The minimum Gasteiger partial charge on any atom is -0.326 e. The second-order valence-corrected chi connectivity index (χ2v) is 7.19. The number of fused-ring (bicyclic) bond motifs is 1. The van der Waals surface area contributed by atoms with Crippen molar-refractivity contribution in [3.8, 4) is 0 Å². The quantitative estimate of drug-likeness (QED) is 0.921. The van der Waals surface area contributed by atoms with E-state index >= 15 is 0 Å². The van der Waals surface area contributed by atoms with Crippen LogP contribution in [-0.4, -0.2) is 24.6 Å². The molecular weight excluding hydrogens is 288 g/mol. The van der Waals surface area contributed by atoms with Gasteiger partial charge < -0.3 is 9.88 Å². The number of nitrogens with zero attached hydrogens (tertiary/aromatic N) is 1. The lowest BCUT2D eigenvalue weighted by molar-refractivity contribution is -0.114. The number of carbonyl (C=O) groups is 1. The third-order valence-electron chi connectivity index (χ3n) is 3.85. The summed E-state index contributed by atoms with van der Waals surface area (Å²) in [5, 5.41) is 2.71. The van der Waals surface area contributed by atoms with E-state index in [0.717, 1.165) is 11.3 Å². The number of aromatic nitrogens is 1. The average molecular weight is 304 g/mol. The van der Waals surface area contributed by atoms with Gasteiger partial charge in [0.05, 0.1) is 0 Å². The van der Waals surface area contributed by atoms with Crippen LogP contribution in [0.4, 0.5) is 5.82 Å². The lowest BCUT2D eigenvalue weighted by Crippen LogP contribution is -2.30. The predicted molar refractivity (Wildman–Crippen MR) is 80.1 cm³/mol. The maximum atomic E-state index is 12.2. The van der Waals surface area contributed by atoms with Gasteiger partial charge in [-0.25, -0.2) is 8.42 Å². The Morgan fingerprint density at radius 1 is 1.19 bits per heavy atom. The zero-order chi connectivity index (χ0) is 15.2. The summed E-state index contributed by atoms with van der Waals surface area (Å²) in [5.74, 6) is -0.560. The van der Waals surface area contributed by atoms with Crippen LogP contribution in [0.1, 0.15) is 16.8 Å². The molecule has 0 saturated carbocycles. The largest absolute Gasteiger partial charge is 0.326 e. The van der Waals surface area contributed by atoms with Crippen molar-refractivity contribution in [2.24, 2.45) is 0 Å². The first kappa shape index (κ1) is 13.9. The summed E-state index contributed by atoms with van der Waals surface area (Å²) in [6.07, 6.45) is 0. The van der Waals surface area contributed by atoms with Gasteiger partial charge in [0.1, 0.15) is 16.5 Å². The number of hydrogen-bond donors (Lipinski definition) is 1. The van der Waals surface area contributed by atoms with E-state index in [1.807, 2.05) is 41.8 Å². The second kappa shape index (κ2) is 4.73. The fraction of sp³-hybridized carbons (Fsp3) is 0.267. The molecule has 110 valence electrons. The smallest absolute Gasteiger partial charge is 0.241 e. The van der Waals surface area contributed by atoms with E-state index in [0.29, 0.717) is 17.9 Å². The number of hydrogen-bond acceptors (Lipinski definition) is 3. The van der Waals surface area contributed by atoms with E-state index < -0.39 is 21.5 Å². The highest BCUT2D eigenvalue weighted by Gasteiger charge is 2.35. The Morgan fingerprint density at radius 3 is 2.52 bits per heavy atom. The van der Waals surface area contributed by atoms with Gasteiger partial charge in [0.15, 0.2) is 9.84 Å². The molecule has 2 heterocycles. The summed E-state index contributed by atoms with van der Waals surface area (Å²) in [4.78, 5) is 11.9. The van der Waals surface area contributed by atoms with Crippen molar-refractivity contribution in [3.05, 3.63) is 47.2 Å². The van der Waals surface area contributed by atoms with Crippen molar-refractivity contribution in [1.82, 2.24) is 4.57 Å². The van der Waals surface area contributed by atoms with E-state index in [2.05, 4.69) is 5.32 Å². The minimum atomic E-state index is -3.55. The monoisotopic (exact) mass is 304 g/mol. The fourth-order valence-corrected chi connectivity index (χ4v) is 4.35. The molecule has 0 radical (unpaired) electrons. The molecule has 0 spiro atoms. The van der Waals surface area contributed by atoms with Crippen molar-refractivity contribution in [1.29, 1.82) is 0 Å². The summed E-state index contributed by atoms with van der Waals surface area (Å²) in [6, 6.07) is 9.74. The Kier molecular flexibility index (Phi) is 3.13. The highest BCUT2D eigenvalue weighted by molar-refractivity contribution is 7.92. The molecule has 1 aromatic carbocycles. The van der Waals surface area contributed by atoms with Gasteiger partial charge >= 0.3 is 0 Å². The van der Waals surface area contributed by atoms with Crippen molar-refractivity contribution < 1.29 is 13.2 Å². The number of benzene rings is 1. The minimum absolute atomic E-state index is 0.260. The van der Waals surface area contributed by atoms with Crippen LogP contribution in [0.25, 0.3) is 0 Å². The number of amides is 1. The number of nitrogens with one attached hydrogen (secondary N) is 1. The van der Waals surface area contributed by atoms with E-state index in [-0.39, 0.29) is 4.90 Å². The van der Waals surface area contributed by atoms with E-state index in [4.69, 9.17) is 0 Å². The van der Waals surface area contributed by atoms with E-state index in [1.165, 1.54) is 0 Å². The molecule has 5 nitrogen and oxygen atoms in total. The van der Waals surface area contributed by atoms with Crippen molar-refractivity contribution in [3.63, 3.8) is 0 Å². The SMILES string of the molecule is Cc1c2c(n(Cc3ccccc3)c1C)NC(=O)CS2(=O)=O. The summed E-state index contributed by atoms with van der Waals surface area (Å²) in [6.45, 7) is 4.18. The first-order valence-corrected chi connectivity index (χ1v) is 8.31. The Hall–Kier alpha value is -2.08. The molecule has 0 fully saturated rings. The Balaban J connectivity index is 2.17. The zero-order valence-electron chi connectivity index (χ0n) is 11.9. The van der Waals surface area contributed by atoms with Gasteiger partial charge in [-0.2, -0.15) is 0 Å². The Labute approximate surface area is 123 Å². The molecule has 2 aromatic rings. The molecule has 1 aliphatic rings. The third kappa shape index (κ3) is 2.25. The lowest BCUT2D eigenvalue weighted by atomic mass is 10.2. The normalized spacial score (nSPS) is 16.4. The highest BCUT2D eigenvalue weighted by Crippen LogP contribution is 2.35. The molecular formula is C15H16N2O3S. The number of sulfone groups is 1. The maximum Gasteiger partial charge on any atom is 0.241 e. The number of rotatable bonds is 2. The van der Waals surface area contributed by atoms with Crippen LogP contribution in [0.3, 0.4) is 0 Å². The summed E-state index contributed by atoms with van der Waals surface area (Å²) in [5.41, 5.74) is 2.62. The summed E-state index contributed by atoms with van der Waals surface area (Å²) < 4.78 is 26.4. The van der Waals surface area contributed by atoms with Crippen molar-refractivity contribution in [2.75, 3.05) is 11.1 Å². The molecule has 1 amide bonds. The van der Waals surface area contributed by atoms with Crippen LogP contribution < -0.4 is 5.32 Å². The molecule has 3 rings (SSSR count). The van der Waals surface area contributed by atoms with Crippen LogP contribution in [0.5, 0.6) is 0 Å².